The molecule has 2 heterocycles. The van der Waals surface area contributed by atoms with Crippen LogP contribution in [0.5, 0.6) is 0 Å². The summed E-state index contributed by atoms with van der Waals surface area (Å²) in [5.41, 5.74) is 2.94. The fourth-order valence-electron chi connectivity index (χ4n) is 3.41. The molecule has 2 aromatic carbocycles. The van der Waals surface area contributed by atoms with E-state index in [-0.39, 0.29) is 5.78 Å². The van der Waals surface area contributed by atoms with Crippen molar-refractivity contribution in [1.29, 1.82) is 0 Å². The van der Waals surface area contributed by atoms with E-state index in [1.165, 1.54) is 17.3 Å². The SMILES string of the molecule is CC1=CC(Nc2nc(Sc3ccc(CC(=O)c4ccccc4)cc3)nc(C3CC3)n2)=NC1. The maximum Gasteiger partial charge on any atom is 0.232 e. The Hall–Kier alpha value is -3.32. The first-order valence-corrected chi connectivity index (χ1v) is 11.5. The Morgan fingerprint density at radius 3 is 2.50 bits per heavy atom. The second-order valence-corrected chi connectivity index (χ2v) is 9.14. The Kier molecular flexibility index (Phi) is 5.81. The number of aromatic nitrogens is 3. The second kappa shape index (κ2) is 9.04. The maximum atomic E-state index is 12.4. The summed E-state index contributed by atoms with van der Waals surface area (Å²) >= 11 is 1.50. The van der Waals surface area contributed by atoms with Gasteiger partial charge in [0.1, 0.15) is 11.7 Å². The van der Waals surface area contributed by atoms with Gasteiger partial charge in [0, 0.05) is 22.8 Å². The lowest BCUT2D eigenvalue weighted by atomic mass is 10.0. The van der Waals surface area contributed by atoms with Crippen molar-refractivity contribution in [3.63, 3.8) is 0 Å². The van der Waals surface area contributed by atoms with Gasteiger partial charge in [0.05, 0.1) is 6.54 Å². The molecule has 3 aromatic rings. The molecule has 0 radical (unpaired) electrons. The number of nitrogens with zero attached hydrogens (tertiary/aromatic N) is 4. The molecule has 1 aliphatic carbocycles. The largest absolute Gasteiger partial charge is 0.309 e. The van der Waals surface area contributed by atoms with Gasteiger partial charge in [0.2, 0.25) is 5.95 Å². The van der Waals surface area contributed by atoms with Crippen LogP contribution in [0.4, 0.5) is 5.95 Å². The first kappa shape index (κ1) is 20.6. The summed E-state index contributed by atoms with van der Waals surface area (Å²) in [4.78, 5) is 31.8. The number of Topliss-reactive ketones (excluding diaryl/α,β-unsaturated/α-hetero) is 1. The van der Waals surface area contributed by atoms with Gasteiger partial charge in [-0.3, -0.25) is 9.79 Å². The molecular formula is C25H23N5OS. The van der Waals surface area contributed by atoms with Gasteiger partial charge < -0.3 is 5.32 Å². The highest BCUT2D eigenvalue weighted by atomic mass is 32.2. The summed E-state index contributed by atoms with van der Waals surface area (Å²) in [5.74, 6) is 2.71. The third-order valence-electron chi connectivity index (χ3n) is 5.29. The average molecular weight is 442 g/mol. The molecule has 1 saturated carbocycles. The van der Waals surface area contributed by atoms with Crippen molar-refractivity contribution in [2.45, 2.75) is 42.2 Å². The quantitative estimate of drug-likeness (QED) is 0.514. The monoisotopic (exact) mass is 441 g/mol. The first-order valence-electron chi connectivity index (χ1n) is 10.7. The van der Waals surface area contributed by atoms with E-state index in [0.717, 1.165) is 40.5 Å². The molecule has 1 aromatic heterocycles. The molecule has 0 atom stereocenters. The minimum atomic E-state index is 0.118. The molecule has 0 amide bonds. The molecule has 1 fully saturated rings. The van der Waals surface area contributed by atoms with Gasteiger partial charge in [-0.1, -0.05) is 42.5 Å². The van der Waals surface area contributed by atoms with Crippen LogP contribution >= 0.6 is 11.8 Å². The Balaban J connectivity index is 1.29. The molecule has 32 heavy (non-hydrogen) atoms. The predicted octanol–water partition coefficient (Wildman–Crippen LogP) is 5.10. The number of aliphatic imine (C=N–C) groups is 1. The summed E-state index contributed by atoms with van der Waals surface area (Å²) in [6.45, 7) is 2.77. The van der Waals surface area contributed by atoms with E-state index < -0.39 is 0 Å². The van der Waals surface area contributed by atoms with Gasteiger partial charge in [0.15, 0.2) is 10.9 Å². The summed E-state index contributed by atoms with van der Waals surface area (Å²) in [7, 11) is 0. The third-order valence-corrected chi connectivity index (χ3v) is 6.16. The van der Waals surface area contributed by atoms with Crippen molar-refractivity contribution in [3.05, 3.63) is 83.2 Å². The van der Waals surface area contributed by atoms with E-state index >= 15 is 0 Å². The Morgan fingerprint density at radius 1 is 1.03 bits per heavy atom. The molecule has 0 bridgehead atoms. The van der Waals surface area contributed by atoms with Crippen LogP contribution in [-0.4, -0.2) is 33.1 Å². The average Bonchev–Trinajstić information content (AvgIpc) is 3.58. The van der Waals surface area contributed by atoms with E-state index in [4.69, 9.17) is 0 Å². The summed E-state index contributed by atoms with van der Waals surface area (Å²) in [6.07, 6.45) is 4.65. The van der Waals surface area contributed by atoms with Crippen molar-refractivity contribution in [2.75, 3.05) is 11.9 Å². The van der Waals surface area contributed by atoms with Crippen LogP contribution in [0.2, 0.25) is 0 Å². The highest BCUT2D eigenvalue weighted by Gasteiger charge is 2.28. The number of anilines is 1. The van der Waals surface area contributed by atoms with Gasteiger partial charge in [-0.15, -0.1) is 0 Å². The maximum absolute atomic E-state index is 12.4. The molecule has 160 valence electrons. The molecule has 1 N–H and O–H groups in total. The molecule has 0 unspecified atom stereocenters. The third kappa shape index (κ3) is 5.11. The molecule has 0 spiro atoms. The fraction of sp³-hybridized carbons (Fsp3) is 0.240. The summed E-state index contributed by atoms with van der Waals surface area (Å²) in [6, 6.07) is 17.4. The molecule has 2 aliphatic rings. The number of hydrogen-bond acceptors (Lipinski definition) is 7. The van der Waals surface area contributed by atoms with Crippen LogP contribution in [-0.2, 0) is 6.42 Å². The van der Waals surface area contributed by atoms with Gasteiger partial charge in [-0.25, -0.2) is 4.98 Å². The van der Waals surface area contributed by atoms with E-state index in [1.54, 1.807) is 0 Å². The zero-order valence-electron chi connectivity index (χ0n) is 17.8. The molecule has 1 aliphatic heterocycles. The molecule has 5 rings (SSSR count). The van der Waals surface area contributed by atoms with Crippen molar-refractivity contribution in [1.82, 2.24) is 15.0 Å². The van der Waals surface area contributed by atoms with E-state index in [1.807, 2.05) is 60.7 Å². The number of hydrogen-bond donors (Lipinski definition) is 1. The lowest BCUT2D eigenvalue weighted by Crippen LogP contribution is -2.12. The Morgan fingerprint density at radius 2 is 1.81 bits per heavy atom. The highest BCUT2D eigenvalue weighted by Crippen LogP contribution is 2.39. The van der Waals surface area contributed by atoms with Crippen molar-refractivity contribution in [3.8, 4) is 0 Å². The number of carbonyl (C=O) groups excluding carboxylic acids is 1. The number of rotatable bonds is 7. The first-order chi connectivity index (χ1) is 15.6. The van der Waals surface area contributed by atoms with Crippen molar-refractivity contribution >= 4 is 29.3 Å². The fourth-order valence-corrected chi connectivity index (χ4v) is 4.17. The summed E-state index contributed by atoms with van der Waals surface area (Å²) < 4.78 is 0. The van der Waals surface area contributed by atoms with Crippen LogP contribution in [0.1, 0.15) is 47.4 Å². The van der Waals surface area contributed by atoms with E-state index in [2.05, 4.69) is 32.2 Å². The van der Waals surface area contributed by atoms with Crippen molar-refractivity contribution in [2.24, 2.45) is 4.99 Å². The minimum Gasteiger partial charge on any atom is -0.309 e. The zero-order chi connectivity index (χ0) is 21.9. The predicted molar refractivity (Wildman–Crippen MR) is 127 cm³/mol. The number of nitrogens with one attached hydrogen (secondary N) is 1. The summed E-state index contributed by atoms with van der Waals surface area (Å²) in [5, 5.41) is 3.89. The van der Waals surface area contributed by atoms with Crippen molar-refractivity contribution < 1.29 is 4.79 Å². The van der Waals surface area contributed by atoms with Crippen LogP contribution in [0, 0.1) is 0 Å². The number of amidine groups is 1. The normalized spacial score (nSPS) is 15.3. The van der Waals surface area contributed by atoms with Crippen LogP contribution in [0.25, 0.3) is 0 Å². The van der Waals surface area contributed by atoms with Crippen LogP contribution < -0.4 is 5.32 Å². The van der Waals surface area contributed by atoms with Crippen LogP contribution in [0.3, 0.4) is 0 Å². The smallest absolute Gasteiger partial charge is 0.232 e. The molecular weight excluding hydrogens is 418 g/mol. The zero-order valence-corrected chi connectivity index (χ0v) is 18.6. The van der Waals surface area contributed by atoms with Gasteiger partial charge in [-0.2, -0.15) is 9.97 Å². The minimum absolute atomic E-state index is 0.118. The molecule has 7 heteroatoms. The van der Waals surface area contributed by atoms with E-state index in [0.29, 0.717) is 30.0 Å². The second-order valence-electron chi connectivity index (χ2n) is 8.10. The van der Waals surface area contributed by atoms with Gasteiger partial charge in [0.25, 0.3) is 0 Å². The number of ketones is 1. The number of benzene rings is 2. The highest BCUT2D eigenvalue weighted by molar-refractivity contribution is 7.99. The van der Waals surface area contributed by atoms with E-state index in [9.17, 15) is 4.79 Å². The molecule has 0 saturated heterocycles. The Bertz CT molecular complexity index is 1200. The van der Waals surface area contributed by atoms with Gasteiger partial charge >= 0.3 is 0 Å². The Labute approximate surface area is 191 Å². The molecule has 6 nitrogen and oxygen atoms in total. The van der Waals surface area contributed by atoms with Gasteiger partial charge in [-0.05, 0) is 60.9 Å². The topological polar surface area (TPSA) is 80.1 Å². The van der Waals surface area contributed by atoms with Crippen LogP contribution in [0.15, 0.2) is 81.3 Å². The standard InChI is InChI=1S/C25H23N5OS/c1-16-13-22(26-15-16)27-24-28-23(19-9-10-19)29-25(30-24)32-20-11-7-17(8-12-20)14-21(31)18-5-3-2-4-6-18/h2-8,11-13,19H,9-10,14-15H2,1H3,(H,26,27,28,29,30). The lowest BCUT2D eigenvalue weighted by Gasteiger charge is -2.08. The lowest BCUT2D eigenvalue weighted by molar-refractivity contribution is 0.0993. The number of carbonyl (C=O) groups is 1.